The predicted molar refractivity (Wildman–Crippen MR) is 73.8 cm³/mol. The number of amides is 1. The van der Waals surface area contributed by atoms with Crippen LogP contribution in [0, 0.1) is 0 Å². The van der Waals surface area contributed by atoms with E-state index in [-0.39, 0.29) is 18.6 Å². The molecular formula is C13H27N3O3. The van der Waals surface area contributed by atoms with Crippen LogP contribution in [0.5, 0.6) is 0 Å². The molecular weight excluding hydrogens is 246 g/mol. The smallest absolute Gasteiger partial charge is 0.223 e. The van der Waals surface area contributed by atoms with E-state index in [9.17, 15) is 4.79 Å². The van der Waals surface area contributed by atoms with Crippen molar-refractivity contribution in [3.05, 3.63) is 0 Å². The number of aliphatic hydroxyl groups is 1. The normalized spacial score (nSPS) is 24.4. The van der Waals surface area contributed by atoms with Gasteiger partial charge in [0, 0.05) is 39.1 Å². The van der Waals surface area contributed by atoms with Crippen LogP contribution in [0.4, 0.5) is 0 Å². The van der Waals surface area contributed by atoms with Crippen LogP contribution in [0.15, 0.2) is 0 Å². The van der Waals surface area contributed by atoms with Crippen LogP contribution >= 0.6 is 0 Å². The molecule has 112 valence electrons. The molecule has 3 N–H and O–H groups in total. The summed E-state index contributed by atoms with van der Waals surface area (Å²) in [5.74, 6) is 0.146. The molecule has 1 aliphatic rings. The number of hydrogen-bond donors (Lipinski definition) is 2. The molecule has 6 heteroatoms. The molecule has 0 spiro atoms. The molecule has 19 heavy (non-hydrogen) atoms. The fourth-order valence-corrected chi connectivity index (χ4v) is 2.18. The molecule has 0 bridgehead atoms. The van der Waals surface area contributed by atoms with E-state index in [0.29, 0.717) is 45.2 Å². The summed E-state index contributed by atoms with van der Waals surface area (Å²) in [6.07, 6.45) is 1.22. The Hall–Kier alpha value is -0.690. The monoisotopic (exact) mass is 273 g/mol. The van der Waals surface area contributed by atoms with Crippen molar-refractivity contribution in [2.24, 2.45) is 5.73 Å². The van der Waals surface area contributed by atoms with Crippen molar-refractivity contribution >= 4 is 5.91 Å². The standard InChI is InChI=1S/C13H27N3O3/c1-11-10-19-12(9-17)8-16(11)7-4-13(18)15(2)6-3-5-14/h11-12,17H,3-10,14H2,1-2H3. The molecule has 0 aromatic rings. The second kappa shape index (κ2) is 8.47. The molecule has 0 aliphatic carbocycles. The van der Waals surface area contributed by atoms with Gasteiger partial charge in [0.1, 0.15) is 0 Å². The number of hydrogen-bond acceptors (Lipinski definition) is 5. The Bertz CT molecular complexity index is 276. The highest BCUT2D eigenvalue weighted by molar-refractivity contribution is 5.76. The summed E-state index contributed by atoms with van der Waals surface area (Å²) in [5, 5.41) is 9.12. The van der Waals surface area contributed by atoms with Crippen LogP contribution in [-0.4, -0.2) is 79.4 Å². The van der Waals surface area contributed by atoms with E-state index in [2.05, 4.69) is 11.8 Å². The third-order valence-corrected chi connectivity index (χ3v) is 3.57. The maximum Gasteiger partial charge on any atom is 0.223 e. The number of aliphatic hydroxyl groups excluding tert-OH is 1. The first-order valence-corrected chi connectivity index (χ1v) is 6.99. The molecule has 0 aromatic heterocycles. The van der Waals surface area contributed by atoms with Crippen molar-refractivity contribution in [2.75, 3.05) is 46.4 Å². The summed E-state index contributed by atoms with van der Waals surface area (Å²) in [4.78, 5) is 15.9. The zero-order chi connectivity index (χ0) is 14.3. The lowest BCUT2D eigenvalue weighted by molar-refractivity contribution is -0.131. The van der Waals surface area contributed by atoms with Gasteiger partial charge in [-0.2, -0.15) is 0 Å². The van der Waals surface area contributed by atoms with E-state index in [1.54, 1.807) is 4.90 Å². The minimum absolute atomic E-state index is 0.0353. The highest BCUT2D eigenvalue weighted by Crippen LogP contribution is 2.12. The van der Waals surface area contributed by atoms with Gasteiger partial charge in [0.2, 0.25) is 5.91 Å². The van der Waals surface area contributed by atoms with Gasteiger partial charge in [-0.15, -0.1) is 0 Å². The van der Waals surface area contributed by atoms with E-state index >= 15 is 0 Å². The van der Waals surface area contributed by atoms with Gasteiger partial charge in [-0.25, -0.2) is 0 Å². The average Bonchev–Trinajstić information content (AvgIpc) is 2.43. The summed E-state index contributed by atoms with van der Waals surface area (Å²) in [6.45, 7) is 5.46. The van der Waals surface area contributed by atoms with Crippen LogP contribution in [0.2, 0.25) is 0 Å². The fraction of sp³-hybridized carbons (Fsp3) is 0.923. The summed E-state index contributed by atoms with van der Waals surface area (Å²) in [6, 6.07) is 0.296. The zero-order valence-electron chi connectivity index (χ0n) is 12.0. The minimum Gasteiger partial charge on any atom is -0.394 e. The number of carbonyl (C=O) groups excluding carboxylic acids is 1. The largest absolute Gasteiger partial charge is 0.394 e. The van der Waals surface area contributed by atoms with Crippen molar-refractivity contribution in [3.8, 4) is 0 Å². The lowest BCUT2D eigenvalue weighted by atomic mass is 10.2. The summed E-state index contributed by atoms with van der Waals surface area (Å²) >= 11 is 0. The summed E-state index contributed by atoms with van der Waals surface area (Å²) in [7, 11) is 1.82. The quantitative estimate of drug-likeness (QED) is 0.639. The van der Waals surface area contributed by atoms with Gasteiger partial charge in [-0.1, -0.05) is 0 Å². The third kappa shape index (κ3) is 5.44. The predicted octanol–water partition coefficient (Wildman–Crippen LogP) is -0.735. The molecule has 6 nitrogen and oxygen atoms in total. The topological polar surface area (TPSA) is 79.0 Å². The van der Waals surface area contributed by atoms with Crippen LogP contribution in [0.1, 0.15) is 19.8 Å². The van der Waals surface area contributed by atoms with E-state index < -0.39 is 0 Å². The average molecular weight is 273 g/mol. The Labute approximate surface area is 115 Å². The summed E-state index contributed by atoms with van der Waals surface area (Å²) in [5.41, 5.74) is 5.43. The molecule has 1 heterocycles. The molecule has 1 saturated heterocycles. The first kappa shape index (κ1) is 16.4. The number of nitrogens with two attached hydrogens (primary N) is 1. The van der Waals surface area contributed by atoms with E-state index in [4.69, 9.17) is 15.6 Å². The molecule has 2 atom stereocenters. The highest BCUT2D eigenvalue weighted by atomic mass is 16.5. The van der Waals surface area contributed by atoms with Crippen molar-refractivity contribution < 1.29 is 14.6 Å². The lowest BCUT2D eigenvalue weighted by Crippen LogP contribution is -2.50. The van der Waals surface area contributed by atoms with Crippen molar-refractivity contribution in [2.45, 2.75) is 31.9 Å². The fourth-order valence-electron chi connectivity index (χ4n) is 2.18. The van der Waals surface area contributed by atoms with Gasteiger partial charge >= 0.3 is 0 Å². The molecule has 1 fully saturated rings. The van der Waals surface area contributed by atoms with Gasteiger partial charge in [-0.05, 0) is 19.9 Å². The summed E-state index contributed by atoms with van der Waals surface area (Å²) < 4.78 is 5.48. The van der Waals surface area contributed by atoms with Crippen molar-refractivity contribution in [1.29, 1.82) is 0 Å². The van der Waals surface area contributed by atoms with E-state index in [0.717, 1.165) is 6.42 Å². The first-order chi connectivity index (χ1) is 9.08. The number of rotatable bonds is 7. The van der Waals surface area contributed by atoms with Gasteiger partial charge in [-0.3, -0.25) is 9.69 Å². The third-order valence-electron chi connectivity index (χ3n) is 3.57. The van der Waals surface area contributed by atoms with E-state index in [1.807, 2.05) is 7.05 Å². The van der Waals surface area contributed by atoms with Gasteiger partial charge in [0.25, 0.3) is 0 Å². The molecule has 1 aliphatic heterocycles. The lowest BCUT2D eigenvalue weighted by Gasteiger charge is -2.37. The molecule has 0 saturated carbocycles. The van der Waals surface area contributed by atoms with Gasteiger partial charge in [0.15, 0.2) is 0 Å². The minimum atomic E-state index is -0.124. The zero-order valence-corrected chi connectivity index (χ0v) is 12.0. The Balaban J connectivity index is 2.31. The molecule has 0 aromatic carbocycles. The van der Waals surface area contributed by atoms with Crippen LogP contribution in [0.3, 0.4) is 0 Å². The second-order valence-electron chi connectivity index (χ2n) is 5.19. The van der Waals surface area contributed by atoms with Crippen LogP contribution in [0.25, 0.3) is 0 Å². The molecule has 1 rings (SSSR count). The first-order valence-electron chi connectivity index (χ1n) is 6.99. The Morgan fingerprint density at radius 2 is 2.32 bits per heavy atom. The molecule has 0 radical (unpaired) electrons. The van der Waals surface area contributed by atoms with Crippen LogP contribution in [-0.2, 0) is 9.53 Å². The van der Waals surface area contributed by atoms with Crippen LogP contribution < -0.4 is 5.73 Å². The van der Waals surface area contributed by atoms with Crippen molar-refractivity contribution in [3.63, 3.8) is 0 Å². The number of nitrogens with zero attached hydrogens (tertiary/aromatic N) is 2. The van der Waals surface area contributed by atoms with Crippen molar-refractivity contribution in [1.82, 2.24) is 9.80 Å². The van der Waals surface area contributed by atoms with E-state index in [1.165, 1.54) is 0 Å². The Kier molecular flexibility index (Phi) is 7.30. The van der Waals surface area contributed by atoms with Gasteiger partial charge < -0.3 is 20.5 Å². The maximum absolute atomic E-state index is 11.9. The Morgan fingerprint density at radius 1 is 1.58 bits per heavy atom. The van der Waals surface area contributed by atoms with Gasteiger partial charge in [0.05, 0.1) is 19.3 Å². The number of carbonyl (C=O) groups is 1. The second-order valence-corrected chi connectivity index (χ2v) is 5.19. The highest BCUT2D eigenvalue weighted by Gasteiger charge is 2.25. The maximum atomic E-state index is 11.9. The molecule has 2 unspecified atom stereocenters. The Morgan fingerprint density at radius 3 is 2.95 bits per heavy atom. The number of ether oxygens (including phenoxy) is 1. The molecule has 1 amide bonds. The number of morpholine rings is 1. The SMILES string of the molecule is CC1COC(CO)CN1CCC(=O)N(C)CCCN.